The maximum atomic E-state index is 13.4. The van der Waals surface area contributed by atoms with Crippen molar-refractivity contribution in [1.29, 1.82) is 0 Å². The van der Waals surface area contributed by atoms with Crippen LogP contribution < -0.4 is 0 Å². The Balaban J connectivity index is 1.72. The molecule has 3 aromatic heterocycles. The van der Waals surface area contributed by atoms with Gasteiger partial charge in [0.25, 0.3) is 11.9 Å². The van der Waals surface area contributed by atoms with E-state index in [1.165, 1.54) is 16.2 Å². The largest absolute Gasteiger partial charge is 0.378 e. The number of thiophene rings is 1. The second-order valence-electron chi connectivity index (χ2n) is 7.97. The number of rotatable bonds is 6. The highest BCUT2D eigenvalue weighted by Crippen LogP contribution is 2.30. The van der Waals surface area contributed by atoms with E-state index >= 15 is 0 Å². The first kappa shape index (κ1) is 21.6. The van der Waals surface area contributed by atoms with Gasteiger partial charge in [0.2, 0.25) is 0 Å². The zero-order valence-electron chi connectivity index (χ0n) is 18.6. The fourth-order valence-electron chi connectivity index (χ4n) is 4.33. The molecular weight excluding hydrogens is 410 g/mol. The first-order chi connectivity index (χ1) is 15.0. The molecule has 1 aliphatic rings. The number of carbonyl (C=O) groups is 1. The van der Waals surface area contributed by atoms with Crippen LogP contribution in [0.5, 0.6) is 0 Å². The number of carbonyl (C=O) groups excluding carboxylic acids is 1. The van der Waals surface area contributed by atoms with Gasteiger partial charge in [0, 0.05) is 41.2 Å². The highest BCUT2D eigenvalue weighted by atomic mass is 32.1. The Hall–Kier alpha value is -2.58. The minimum atomic E-state index is 0.0188. The smallest absolute Gasteiger partial charge is 0.257 e. The third kappa shape index (κ3) is 4.27. The fourth-order valence-corrected chi connectivity index (χ4v) is 5.27. The van der Waals surface area contributed by atoms with Gasteiger partial charge >= 0.3 is 0 Å². The van der Waals surface area contributed by atoms with Crippen molar-refractivity contribution in [1.82, 2.24) is 24.6 Å². The number of aryl methyl sites for hydroxylation is 2. The molecule has 1 aliphatic heterocycles. The number of likely N-dealkylation sites (tertiary alicyclic amines) is 1. The monoisotopic (exact) mass is 439 g/mol. The second-order valence-corrected chi connectivity index (χ2v) is 9.44. The summed E-state index contributed by atoms with van der Waals surface area (Å²) in [5.41, 5.74) is 3.20. The minimum Gasteiger partial charge on any atom is -0.378 e. The van der Waals surface area contributed by atoms with Gasteiger partial charge in [-0.15, -0.1) is 11.3 Å². The van der Waals surface area contributed by atoms with E-state index in [-0.39, 0.29) is 18.6 Å². The summed E-state index contributed by atoms with van der Waals surface area (Å²) in [6, 6.07) is 4.33. The van der Waals surface area contributed by atoms with Gasteiger partial charge in [-0.1, -0.05) is 6.92 Å². The number of ether oxygens (including phenoxy) is 1. The Morgan fingerprint density at radius 2 is 2.16 bits per heavy atom. The van der Waals surface area contributed by atoms with Gasteiger partial charge in [-0.3, -0.25) is 4.79 Å². The summed E-state index contributed by atoms with van der Waals surface area (Å²) < 4.78 is 7.07. The molecule has 1 unspecified atom stereocenters. The molecule has 1 amide bonds. The van der Waals surface area contributed by atoms with Gasteiger partial charge < -0.3 is 9.64 Å². The number of hydrogen-bond donors (Lipinski definition) is 0. The summed E-state index contributed by atoms with van der Waals surface area (Å²) in [5.74, 6) is 0.461. The topological polar surface area (TPSA) is 73.1 Å². The van der Waals surface area contributed by atoms with Gasteiger partial charge in [0.1, 0.15) is 0 Å². The summed E-state index contributed by atoms with van der Waals surface area (Å²) >= 11 is 1.75. The van der Waals surface area contributed by atoms with E-state index in [4.69, 9.17) is 9.72 Å². The molecule has 0 saturated carbocycles. The first-order valence-corrected chi connectivity index (χ1v) is 11.6. The lowest BCUT2D eigenvalue weighted by molar-refractivity contribution is 0.0603. The van der Waals surface area contributed by atoms with Crippen molar-refractivity contribution in [2.75, 3.05) is 13.7 Å². The van der Waals surface area contributed by atoms with Crippen LogP contribution in [0.4, 0.5) is 0 Å². The molecule has 0 aliphatic carbocycles. The van der Waals surface area contributed by atoms with Gasteiger partial charge in [0.05, 0.1) is 29.8 Å². The molecule has 31 heavy (non-hydrogen) atoms. The quantitative estimate of drug-likeness (QED) is 0.563. The number of hydrogen-bond acceptors (Lipinski definition) is 6. The molecule has 8 heteroatoms. The molecule has 3 aromatic rings. The summed E-state index contributed by atoms with van der Waals surface area (Å²) in [6.07, 6.45) is 7.61. The van der Waals surface area contributed by atoms with E-state index in [1.807, 2.05) is 11.0 Å². The van der Waals surface area contributed by atoms with E-state index in [0.29, 0.717) is 17.2 Å². The SMILES string of the molecule is CCC1CCCCN1C(=O)c1cnn(-c2nccc(-c3cc(C)sc3C)n2)c1COC. The van der Waals surface area contributed by atoms with E-state index in [2.05, 4.69) is 36.9 Å². The number of aromatic nitrogens is 4. The molecule has 4 rings (SSSR count). The maximum Gasteiger partial charge on any atom is 0.257 e. The van der Waals surface area contributed by atoms with Crippen molar-refractivity contribution in [3.05, 3.63) is 45.5 Å². The Bertz CT molecular complexity index is 1070. The minimum absolute atomic E-state index is 0.0188. The van der Waals surface area contributed by atoms with Crippen molar-refractivity contribution < 1.29 is 9.53 Å². The molecule has 1 saturated heterocycles. The van der Waals surface area contributed by atoms with Crippen LogP contribution in [-0.4, -0.2) is 50.3 Å². The zero-order valence-corrected chi connectivity index (χ0v) is 19.4. The molecule has 1 fully saturated rings. The molecule has 0 radical (unpaired) electrons. The third-order valence-corrected chi connectivity index (χ3v) is 6.85. The van der Waals surface area contributed by atoms with Crippen LogP contribution in [0.1, 0.15) is 58.4 Å². The molecule has 1 atom stereocenters. The summed E-state index contributed by atoms with van der Waals surface area (Å²) in [7, 11) is 1.62. The van der Waals surface area contributed by atoms with Gasteiger partial charge in [0.15, 0.2) is 0 Å². The van der Waals surface area contributed by atoms with Crippen molar-refractivity contribution in [2.45, 2.75) is 59.1 Å². The average molecular weight is 440 g/mol. The van der Waals surface area contributed by atoms with Crippen molar-refractivity contribution in [3.8, 4) is 17.2 Å². The van der Waals surface area contributed by atoms with Crippen molar-refractivity contribution >= 4 is 17.2 Å². The second kappa shape index (κ2) is 9.28. The highest BCUT2D eigenvalue weighted by Gasteiger charge is 2.30. The normalized spacial score (nSPS) is 16.6. The Morgan fingerprint density at radius 3 is 2.87 bits per heavy atom. The van der Waals surface area contributed by atoms with E-state index in [1.54, 1.807) is 35.5 Å². The summed E-state index contributed by atoms with van der Waals surface area (Å²) in [6.45, 7) is 7.38. The highest BCUT2D eigenvalue weighted by molar-refractivity contribution is 7.12. The lowest BCUT2D eigenvalue weighted by Crippen LogP contribution is -2.43. The Morgan fingerprint density at radius 1 is 1.32 bits per heavy atom. The lowest BCUT2D eigenvalue weighted by atomic mass is 9.99. The molecular formula is C23H29N5O2S. The summed E-state index contributed by atoms with van der Waals surface area (Å²) in [4.78, 5) is 27.1. The standard InChI is InChI=1S/C23H29N5O2S/c1-5-17-8-6-7-11-27(17)22(29)19-13-25-28(21(19)14-30-4)23-24-10-9-20(26-23)18-12-15(2)31-16(18)3/h9-10,12-13,17H,5-8,11,14H2,1-4H3. The van der Waals surface area contributed by atoms with E-state index < -0.39 is 0 Å². The van der Waals surface area contributed by atoms with E-state index in [9.17, 15) is 4.79 Å². The first-order valence-electron chi connectivity index (χ1n) is 10.8. The average Bonchev–Trinajstić information content (AvgIpc) is 3.36. The van der Waals surface area contributed by atoms with Crippen molar-refractivity contribution in [2.24, 2.45) is 0 Å². The van der Waals surface area contributed by atoms with Crippen LogP contribution in [0.15, 0.2) is 24.5 Å². The van der Waals surface area contributed by atoms with Crippen LogP contribution in [-0.2, 0) is 11.3 Å². The fraction of sp³-hybridized carbons (Fsp3) is 0.478. The number of amides is 1. The predicted molar refractivity (Wildman–Crippen MR) is 122 cm³/mol. The Kier molecular flexibility index (Phi) is 6.48. The van der Waals surface area contributed by atoms with Gasteiger partial charge in [-0.25, -0.2) is 9.97 Å². The molecule has 0 N–H and O–H groups in total. The molecule has 4 heterocycles. The van der Waals surface area contributed by atoms with Crippen LogP contribution in [0, 0.1) is 13.8 Å². The van der Waals surface area contributed by atoms with E-state index in [0.717, 1.165) is 37.1 Å². The zero-order chi connectivity index (χ0) is 22.0. The maximum absolute atomic E-state index is 13.4. The third-order valence-electron chi connectivity index (χ3n) is 5.89. The number of nitrogens with zero attached hydrogens (tertiary/aromatic N) is 5. The van der Waals surface area contributed by atoms with Gasteiger partial charge in [-0.05, 0) is 51.7 Å². The molecule has 0 spiro atoms. The Labute approximate surface area is 187 Å². The van der Waals surface area contributed by atoms with Crippen LogP contribution in [0.3, 0.4) is 0 Å². The molecule has 0 aromatic carbocycles. The number of methoxy groups -OCH3 is 1. The molecule has 0 bridgehead atoms. The molecule has 164 valence electrons. The van der Waals surface area contributed by atoms with Crippen LogP contribution in [0.2, 0.25) is 0 Å². The van der Waals surface area contributed by atoms with Crippen LogP contribution >= 0.6 is 11.3 Å². The molecule has 7 nitrogen and oxygen atoms in total. The van der Waals surface area contributed by atoms with Gasteiger partial charge in [-0.2, -0.15) is 9.78 Å². The van der Waals surface area contributed by atoms with Crippen LogP contribution in [0.25, 0.3) is 17.2 Å². The predicted octanol–water partition coefficient (Wildman–Crippen LogP) is 4.56. The number of piperidine rings is 1. The van der Waals surface area contributed by atoms with Crippen molar-refractivity contribution in [3.63, 3.8) is 0 Å². The lowest BCUT2D eigenvalue weighted by Gasteiger charge is -2.35. The summed E-state index contributed by atoms with van der Waals surface area (Å²) in [5, 5.41) is 4.50.